The Morgan fingerprint density at radius 1 is 1.35 bits per heavy atom. The summed E-state index contributed by atoms with van der Waals surface area (Å²) in [6.07, 6.45) is 0.326. The summed E-state index contributed by atoms with van der Waals surface area (Å²) < 4.78 is 30.4. The highest BCUT2D eigenvalue weighted by atomic mass is 32.2. The van der Waals surface area contributed by atoms with Crippen molar-refractivity contribution in [3.63, 3.8) is 0 Å². The first-order chi connectivity index (χ1) is 12.3. The van der Waals surface area contributed by atoms with E-state index in [1.807, 2.05) is 6.92 Å². The number of rotatable bonds is 4. The van der Waals surface area contributed by atoms with Gasteiger partial charge in [0.25, 0.3) is 0 Å². The van der Waals surface area contributed by atoms with E-state index in [4.69, 9.17) is 4.74 Å². The Morgan fingerprint density at radius 2 is 2.08 bits per heavy atom. The summed E-state index contributed by atoms with van der Waals surface area (Å²) in [4.78, 5) is 26.7. The van der Waals surface area contributed by atoms with Crippen molar-refractivity contribution in [1.82, 2.24) is 4.90 Å². The van der Waals surface area contributed by atoms with Crippen LogP contribution in [-0.2, 0) is 24.2 Å². The molecule has 3 rings (SSSR count). The van der Waals surface area contributed by atoms with Crippen LogP contribution in [0.4, 0.5) is 5.69 Å². The topological polar surface area (TPSA) is 92.8 Å². The number of hydrogen-bond donors (Lipinski definition) is 1. The van der Waals surface area contributed by atoms with Gasteiger partial charge in [0.15, 0.2) is 9.84 Å². The number of thioether (sulfide) groups is 1. The quantitative estimate of drug-likeness (QED) is 0.827. The fourth-order valence-electron chi connectivity index (χ4n) is 2.93. The molecule has 2 aliphatic heterocycles. The zero-order valence-corrected chi connectivity index (χ0v) is 16.2. The van der Waals surface area contributed by atoms with Crippen LogP contribution in [0.1, 0.15) is 19.8 Å². The summed E-state index contributed by atoms with van der Waals surface area (Å²) in [7, 11) is -3.61. The molecule has 1 aromatic rings. The second-order valence-corrected chi connectivity index (χ2v) is 9.99. The van der Waals surface area contributed by atoms with E-state index in [0.717, 1.165) is 4.90 Å². The van der Waals surface area contributed by atoms with Crippen LogP contribution in [0.25, 0.3) is 0 Å². The first-order valence-electron chi connectivity index (χ1n) is 8.54. The van der Waals surface area contributed by atoms with Crippen molar-refractivity contribution in [1.29, 1.82) is 0 Å². The van der Waals surface area contributed by atoms with Crippen molar-refractivity contribution in [2.24, 2.45) is 0 Å². The van der Waals surface area contributed by atoms with Gasteiger partial charge >= 0.3 is 0 Å². The second-order valence-electron chi connectivity index (χ2n) is 6.40. The number of carbonyl (C=O) groups is 2. The molecule has 26 heavy (non-hydrogen) atoms. The van der Waals surface area contributed by atoms with E-state index in [0.29, 0.717) is 38.4 Å². The molecule has 2 aliphatic rings. The van der Waals surface area contributed by atoms with Gasteiger partial charge in [-0.3, -0.25) is 9.59 Å². The average Bonchev–Trinajstić information content (AvgIpc) is 2.76. The number of fused-ring (bicyclic) bond motifs is 1. The van der Waals surface area contributed by atoms with Crippen LogP contribution in [0.2, 0.25) is 0 Å². The Labute approximate surface area is 157 Å². The van der Waals surface area contributed by atoms with Crippen molar-refractivity contribution in [3.8, 4) is 0 Å². The monoisotopic (exact) mass is 398 g/mol. The van der Waals surface area contributed by atoms with Gasteiger partial charge in [0.05, 0.1) is 29.5 Å². The number of carbonyl (C=O) groups excluding carboxylic acids is 2. The van der Waals surface area contributed by atoms with Crippen molar-refractivity contribution in [2.45, 2.75) is 34.8 Å². The molecule has 1 fully saturated rings. The lowest BCUT2D eigenvalue weighted by molar-refractivity contribution is -0.134. The van der Waals surface area contributed by atoms with Crippen molar-refractivity contribution >= 4 is 39.1 Å². The van der Waals surface area contributed by atoms with Crippen LogP contribution in [0.5, 0.6) is 0 Å². The fourth-order valence-corrected chi connectivity index (χ4v) is 5.24. The average molecular weight is 399 g/mol. The maximum atomic E-state index is 12.6. The third kappa shape index (κ3) is 4.57. The number of morpholine rings is 1. The first kappa shape index (κ1) is 19.2. The Balaban J connectivity index is 1.71. The Kier molecular flexibility index (Phi) is 5.89. The molecule has 0 spiro atoms. The summed E-state index contributed by atoms with van der Waals surface area (Å²) >= 11 is 1.54. The zero-order valence-electron chi connectivity index (χ0n) is 14.6. The highest BCUT2D eigenvalue weighted by molar-refractivity contribution is 8.00. The lowest BCUT2D eigenvalue weighted by Crippen LogP contribution is -2.41. The summed E-state index contributed by atoms with van der Waals surface area (Å²) in [5.74, 6) is -0.551. The largest absolute Gasteiger partial charge is 0.378 e. The maximum absolute atomic E-state index is 12.6. The van der Waals surface area contributed by atoms with Gasteiger partial charge in [0.2, 0.25) is 11.8 Å². The Morgan fingerprint density at radius 3 is 2.81 bits per heavy atom. The number of benzene rings is 1. The van der Waals surface area contributed by atoms with E-state index in [2.05, 4.69) is 5.32 Å². The van der Waals surface area contributed by atoms with E-state index in [1.54, 1.807) is 28.8 Å². The number of sulfone groups is 1. The molecule has 0 aromatic heterocycles. The molecule has 1 unspecified atom stereocenters. The predicted molar refractivity (Wildman–Crippen MR) is 99.1 cm³/mol. The molecular formula is C17H22N2O5S2. The van der Waals surface area contributed by atoms with Gasteiger partial charge in [0.1, 0.15) is 0 Å². The minimum atomic E-state index is -3.61. The number of anilines is 1. The molecule has 2 heterocycles. The standard InChI is InChI=1S/C17H22N2O5S2/c1-12-10-16(20)18-14-11-13(2-3-15(14)25-12)26(22,23)9-4-17(21)19-5-7-24-8-6-19/h2-3,11-12H,4-10H2,1H3,(H,18,20). The summed E-state index contributed by atoms with van der Waals surface area (Å²) in [5.41, 5.74) is 0.518. The van der Waals surface area contributed by atoms with Crippen LogP contribution in [0, 0.1) is 0 Å². The number of nitrogens with one attached hydrogen (secondary N) is 1. The molecule has 0 radical (unpaired) electrons. The molecule has 2 amide bonds. The summed E-state index contributed by atoms with van der Waals surface area (Å²) in [6, 6.07) is 4.76. The fraction of sp³-hybridized carbons (Fsp3) is 0.529. The molecule has 1 saturated heterocycles. The van der Waals surface area contributed by atoms with Gasteiger partial charge < -0.3 is 15.0 Å². The van der Waals surface area contributed by atoms with Crippen LogP contribution in [0.3, 0.4) is 0 Å². The molecule has 0 bridgehead atoms. The molecule has 9 heteroatoms. The maximum Gasteiger partial charge on any atom is 0.225 e. The molecular weight excluding hydrogens is 376 g/mol. The van der Waals surface area contributed by atoms with Crippen molar-refractivity contribution in [2.75, 3.05) is 37.4 Å². The normalized spacial score (nSPS) is 20.9. The van der Waals surface area contributed by atoms with E-state index >= 15 is 0 Å². The minimum absolute atomic E-state index is 0.0580. The molecule has 1 N–H and O–H groups in total. The van der Waals surface area contributed by atoms with E-state index in [1.165, 1.54) is 6.07 Å². The molecule has 142 valence electrons. The minimum Gasteiger partial charge on any atom is -0.378 e. The van der Waals surface area contributed by atoms with Crippen molar-refractivity contribution < 1.29 is 22.7 Å². The Hall–Kier alpha value is -1.58. The second kappa shape index (κ2) is 7.98. The summed E-state index contributed by atoms with van der Waals surface area (Å²) in [5, 5.41) is 2.90. The number of ether oxygens (including phenoxy) is 1. The zero-order chi connectivity index (χ0) is 18.7. The number of nitrogens with zero attached hydrogens (tertiary/aromatic N) is 1. The molecule has 0 saturated carbocycles. The van der Waals surface area contributed by atoms with Crippen molar-refractivity contribution in [3.05, 3.63) is 18.2 Å². The highest BCUT2D eigenvalue weighted by Gasteiger charge is 2.24. The SMILES string of the molecule is CC1CC(=O)Nc2cc(S(=O)(=O)CCC(=O)N3CCOCC3)ccc2S1. The number of hydrogen-bond acceptors (Lipinski definition) is 6. The van der Waals surface area contributed by atoms with Crippen LogP contribution in [0.15, 0.2) is 28.0 Å². The van der Waals surface area contributed by atoms with E-state index in [9.17, 15) is 18.0 Å². The molecule has 0 aliphatic carbocycles. The first-order valence-corrected chi connectivity index (χ1v) is 11.1. The van der Waals surface area contributed by atoms with E-state index < -0.39 is 9.84 Å². The van der Waals surface area contributed by atoms with Gasteiger partial charge in [-0.05, 0) is 18.2 Å². The summed E-state index contributed by atoms with van der Waals surface area (Å²) in [6.45, 7) is 3.93. The molecule has 1 atom stereocenters. The van der Waals surface area contributed by atoms with Gasteiger partial charge in [-0.25, -0.2) is 8.42 Å². The van der Waals surface area contributed by atoms with Gasteiger partial charge in [-0.2, -0.15) is 0 Å². The van der Waals surface area contributed by atoms with Gasteiger partial charge in [-0.15, -0.1) is 11.8 Å². The molecule has 1 aromatic carbocycles. The van der Waals surface area contributed by atoms with Gasteiger partial charge in [-0.1, -0.05) is 6.92 Å². The Bertz CT molecular complexity index is 803. The van der Waals surface area contributed by atoms with E-state index in [-0.39, 0.29) is 34.1 Å². The number of amides is 2. The van der Waals surface area contributed by atoms with Crippen LogP contribution < -0.4 is 5.32 Å². The smallest absolute Gasteiger partial charge is 0.225 e. The third-order valence-electron chi connectivity index (χ3n) is 4.33. The third-order valence-corrected chi connectivity index (χ3v) is 7.23. The molecule has 7 nitrogen and oxygen atoms in total. The highest BCUT2D eigenvalue weighted by Crippen LogP contribution is 2.36. The van der Waals surface area contributed by atoms with Gasteiger partial charge in [0, 0.05) is 36.1 Å². The lowest BCUT2D eigenvalue weighted by atomic mass is 10.3. The van der Waals surface area contributed by atoms with Crippen LogP contribution in [-0.4, -0.2) is 62.4 Å². The van der Waals surface area contributed by atoms with Crippen LogP contribution >= 0.6 is 11.8 Å². The lowest BCUT2D eigenvalue weighted by Gasteiger charge is -2.26. The predicted octanol–water partition coefficient (Wildman–Crippen LogP) is 1.53.